The summed E-state index contributed by atoms with van der Waals surface area (Å²) in [5.41, 5.74) is 7.14. The molecular formula is C14H15N5O. The number of hydrogen-bond acceptors (Lipinski definition) is 4. The third kappa shape index (κ3) is 1.85. The Morgan fingerprint density at radius 2 is 2.05 bits per heavy atom. The van der Waals surface area contributed by atoms with Crippen LogP contribution < -0.4 is 11.1 Å². The lowest BCUT2D eigenvalue weighted by atomic mass is 10.1. The zero-order valence-corrected chi connectivity index (χ0v) is 11.3. The number of aryl methyl sites for hydroxylation is 1. The van der Waals surface area contributed by atoms with Gasteiger partial charge in [-0.05, 0) is 12.5 Å². The predicted octanol–water partition coefficient (Wildman–Crippen LogP) is 1.13. The van der Waals surface area contributed by atoms with E-state index in [1.165, 1.54) is 0 Å². The van der Waals surface area contributed by atoms with E-state index in [1.807, 2.05) is 48.9 Å². The topological polar surface area (TPSA) is 85.3 Å². The second kappa shape index (κ2) is 4.48. The molecular weight excluding hydrogens is 254 g/mol. The van der Waals surface area contributed by atoms with E-state index in [4.69, 9.17) is 5.73 Å². The minimum atomic E-state index is -0.563. The molecule has 0 fully saturated rings. The highest BCUT2D eigenvalue weighted by atomic mass is 16.1. The summed E-state index contributed by atoms with van der Waals surface area (Å²) in [6.45, 7) is 1.87. The summed E-state index contributed by atoms with van der Waals surface area (Å²) in [5.74, 6) is 0.997. The highest BCUT2D eigenvalue weighted by molar-refractivity contribution is 6.45. The van der Waals surface area contributed by atoms with Crippen molar-refractivity contribution in [3.63, 3.8) is 0 Å². The van der Waals surface area contributed by atoms with E-state index in [1.54, 1.807) is 0 Å². The minimum Gasteiger partial charge on any atom is -0.364 e. The number of carbonyl (C=O) groups is 1. The van der Waals surface area contributed by atoms with Gasteiger partial charge in [-0.3, -0.25) is 4.79 Å². The number of primary amides is 1. The Hall–Kier alpha value is -2.63. The van der Waals surface area contributed by atoms with Gasteiger partial charge in [0.15, 0.2) is 5.71 Å². The van der Waals surface area contributed by atoms with E-state index in [-0.39, 0.29) is 11.9 Å². The van der Waals surface area contributed by atoms with Crippen molar-refractivity contribution in [2.75, 3.05) is 5.32 Å². The number of nitrogens with zero attached hydrogens (tertiary/aromatic N) is 3. The van der Waals surface area contributed by atoms with E-state index < -0.39 is 5.91 Å². The van der Waals surface area contributed by atoms with Crippen LogP contribution in [0.1, 0.15) is 23.2 Å². The fourth-order valence-electron chi connectivity index (χ4n) is 2.27. The maximum Gasteiger partial charge on any atom is 0.269 e. The first-order valence-electron chi connectivity index (χ1n) is 6.30. The maximum atomic E-state index is 11.6. The number of anilines is 1. The first-order valence-corrected chi connectivity index (χ1v) is 6.30. The number of hydrogen-bond donors (Lipinski definition) is 2. The Morgan fingerprint density at radius 1 is 1.35 bits per heavy atom. The summed E-state index contributed by atoms with van der Waals surface area (Å²) in [6.07, 6.45) is -0.332. The molecule has 1 atom stereocenters. The molecule has 1 aliphatic heterocycles. The Balaban J connectivity index is 2.12. The Kier molecular flexibility index (Phi) is 2.78. The molecule has 0 aliphatic carbocycles. The van der Waals surface area contributed by atoms with Crippen LogP contribution in [0.15, 0.2) is 35.3 Å². The van der Waals surface area contributed by atoms with Crippen molar-refractivity contribution in [1.82, 2.24) is 9.55 Å². The van der Waals surface area contributed by atoms with Gasteiger partial charge >= 0.3 is 0 Å². The van der Waals surface area contributed by atoms with Gasteiger partial charge in [0.05, 0.1) is 0 Å². The van der Waals surface area contributed by atoms with E-state index in [9.17, 15) is 4.79 Å². The van der Waals surface area contributed by atoms with Crippen LogP contribution in [0.25, 0.3) is 0 Å². The SMILES string of the molecule is Cc1nc2c(n1C)NC(c1ccccc1)N=C2C(N)=O. The number of rotatable bonds is 2. The molecule has 1 aliphatic rings. The molecule has 6 heteroatoms. The number of amides is 1. The van der Waals surface area contributed by atoms with Crippen molar-refractivity contribution in [2.24, 2.45) is 17.8 Å². The van der Waals surface area contributed by atoms with E-state index >= 15 is 0 Å². The monoisotopic (exact) mass is 269 g/mol. The summed E-state index contributed by atoms with van der Waals surface area (Å²) in [7, 11) is 1.89. The van der Waals surface area contributed by atoms with Crippen molar-refractivity contribution in [2.45, 2.75) is 13.1 Å². The van der Waals surface area contributed by atoms with Gasteiger partial charge in [0.1, 0.15) is 23.5 Å². The maximum absolute atomic E-state index is 11.6. The molecule has 1 amide bonds. The second-order valence-electron chi connectivity index (χ2n) is 4.71. The molecule has 0 radical (unpaired) electrons. The normalized spacial score (nSPS) is 17.1. The Labute approximate surface area is 116 Å². The third-order valence-electron chi connectivity index (χ3n) is 3.42. The molecule has 6 nitrogen and oxygen atoms in total. The number of nitrogens with two attached hydrogens (primary N) is 1. The molecule has 0 saturated heterocycles. The molecule has 1 aromatic carbocycles. The summed E-state index contributed by atoms with van der Waals surface area (Å²) in [6, 6.07) is 9.70. The summed E-state index contributed by atoms with van der Waals surface area (Å²) < 4.78 is 1.89. The van der Waals surface area contributed by atoms with Crippen LogP contribution in [-0.4, -0.2) is 21.2 Å². The molecule has 102 valence electrons. The second-order valence-corrected chi connectivity index (χ2v) is 4.71. The molecule has 2 aromatic rings. The van der Waals surface area contributed by atoms with Gasteiger partial charge in [-0.15, -0.1) is 0 Å². The van der Waals surface area contributed by atoms with Crippen molar-refractivity contribution < 1.29 is 4.79 Å². The highest BCUT2D eigenvalue weighted by Gasteiger charge is 2.29. The number of aliphatic imine (C=N–C) groups is 1. The van der Waals surface area contributed by atoms with Crippen molar-refractivity contribution in [3.05, 3.63) is 47.4 Å². The molecule has 3 N–H and O–H groups in total. The number of nitrogens with one attached hydrogen (secondary N) is 1. The van der Waals surface area contributed by atoms with Crippen LogP contribution in [0.2, 0.25) is 0 Å². The van der Waals surface area contributed by atoms with Crippen LogP contribution in [-0.2, 0) is 11.8 Å². The first kappa shape index (κ1) is 12.4. The highest BCUT2D eigenvalue weighted by Crippen LogP contribution is 2.29. The number of benzene rings is 1. The lowest BCUT2D eigenvalue weighted by molar-refractivity contribution is -0.111. The number of imidazole rings is 1. The van der Waals surface area contributed by atoms with E-state index in [2.05, 4.69) is 15.3 Å². The Bertz CT molecular complexity index is 702. The molecule has 1 aromatic heterocycles. The third-order valence-corrected chi connectivity index (χ3v) is 3.42. The summed E-state index contributed by atoms with van der Waals surface area (Å²) >= 11 is 0. The molecule has 0 bridgehead atoms. The van der Waals surface area contributed by atoms with Gasteiger partial charge < -0.3 is 15.6 Å². The van der Waals surface area contributed by atoms with Crippen LogP contribution >= 0.6 is 0 Å². The van der Waals surface area contributed by atoms with E-state index in [0.29, 0.717) is 5.69 Å². The minimum absolute atomic E-state index is 0.219. The number of carbonyl (C=O) groups excluding carboxylic acids is 1. The van der Waals surface area contributed by atoms with Gasteiger partial charge in [0, 0.05) is 7.05 Å². The van der Waals surface area contributed by atoms with Crippen molar-refractivity contribution in [3.8, 4) is 0 Å². The van der Waals surface area contributed by atoms with Gasteiger partial charge in [0.25, 0.3) is 5.91 Å². The van der Waals surface area contributed by atoms with Gasteiger partial charge in [-0.2, -0.15) is 0 Å². The zero-order valence-electron chi connectivity index (χ0n) is 11.3. The van der Waals surface area contributed by atoms with Crippen LogP contribution in [0.5, 0.6) is 0 Å². The van der Waals surface area contributed by atoms with Gasteiger partial charge in [-0.25, -0.2) is 9.98 Å². The average Bonchev–Trinajstić information content (AvgIpc) is 2.74. The standard InChI is InChI=1S/C14H15N5O/c1-8-16-11-10(12(15)20)17-13(18-14(11)19(8)2)9-6-4-3-5-7-9/h3-7,13,18H,1-2H3,(H2,15,20). The predicted molar refractivity (Wildman–Crippen MR) is 76.5 cm³/mol. The lowest BCUT2D eigenvalue weighted by Crippen LogP contribution is -2.31. The first-order chi connectivity index (χ1) is 9.58. The smallest absolute Gasteiger partial charge is 0.269 e. The Morgan fingerprint density at radius 3 is 2.70 bits per heavy atom. The largest absolute Gasteiger partial charge is 0.364 e. The number of aromatic nitrogens is 2. The van der Waals surface area contributed by atoms with Crippen LogP contribution in [0, 0.1) is 6.92 Å². The average molecular weight is 269 g/mol. The fourth-order valence-corrected chi connectivity index (χ4v) is 2.27. The zero-order chi connectivity index (χ0) is 14.3. The molecule has 20 heavy (non-hydrogen) atoms. The van der Waals surface area contributed by atoms with Crippen molar-refractivity contribution in [1.29, 1.82) is 0 Å². The van der Waals surface area contributed by atoms with Crippen molar-refractivity contribution >= 4 is 17.4 Å². The summed E-state index contributed by atoms with van der Waals surface area (Å²) in [4.78, 5) is 20.4. The van der Waals surface area contributed by atoms with Crippen LogP contribution in [0.4, 0.5) is 5.82 Å². The molecule has 3 rings (SSSR count). The summed E-state index contributed by atoms with van der Waals surface area (Å²) in [5, 5.41) is 3.29. The fraction of sp³-hybridized carbons (Fsp3) is 0.214. The lowest BCUT2D eigenvalue weighted by Gasteiger charge is -2.22. The van der Waals surface area contributed by atoms with Gasteiger partial charge in [0.2, 0.25) is 0 Å². The molecule has 2 heterocycles. The molecule has 0 spiro atoms. The number of fused-ring (bicyclic) bond motifs is 1. The quantitative estimate of drug-likeness (QED) is 0.857. The molecule has 1 unspecified atom stereocenters. The van der Waals surface area contributed by atoms with E-state index in [0.717, 1.165) is 17.2 Å². The van der Waals surface area contributed by atoms with Crippen LogP contribution in [0.3, 0.4) is 0 Å². The molecule has 0 saturated carbocycles. The van der Waals surface area contributed by atoms with Gasteiger partial charge in [-0.1, -0.05) is 30.3 Å².